The summed E-state index contributed by atoms with van der Waals surface area (Å²) in [5.74, 6) is 1.46. The van der Waals surface area contributed by atoms with E-state index in [0.717, 1.165) is 70.0 Å². The standard InChI is InChI=1S/C21H36N4O3/c1-16(2)21-23-18(15-28-21)14-24-10-6-19(7-11-24)25-9-4-5-17(13-25)20(26)22-8-12-27-3/h15-17,19H,4-14H2,1-3H3,(H,22,26)/t17-/m0/s1. The van der Waals surface area contributed by atoms with E-state index in [9.17, 15) is 4.79 Å². The Labute approximate surface area is 168 Å². The zero-order valence-corrected chi connectivity index (χ0v) is 17.7. The average molecular weight is 393 g/mol. The zero-order chi connectivity index (χ0) is 19.9. The molecule has 3 heterocycles. The summed E-state index contributed by atoms with van der Waals surface area (Å²) in [4.78, 5) is 22.0. The summed E-state index contributed by atoms with van der Waals surface area (Å²) < 4.78 is 10.6. The molecule has 0 bridgehead atoms. The summed E-state index contributed by atoms with van der Waals surface area (Å²) in [7, 11) is 1.66. The number of nitrogens with zero attached hydrogens (tertiary/aromatic N) is 3. The molecule has 28 heavy (non-hydrogen) atoms. The number of piperidine rings is 2. The minimum absolute atomic E-state index is 0.119. The summed E-state index contributed by atoms with van der Waals surface area (Å²) in [5, 5.41) is 3.01. The first-order valence-corrected chi connectivity index (χ1v) is 10.7. The van der Waals surface area contributed by atoms with Gasteiger partial charge in [-0.2, -0.15) is 0 Å². The van der Waals surface area contributed by atoms with E-state index < -0.39 is 0 Å². The Balaban J connectivity index is 1.43. The average Bonchev–Trinajstić information content (AvgIpc) is 3.18. The van der Waals surface area contributed by atoms with E-state index in [0.29, 0.717) is 25.1 Å². The number of ether oxygens (including phenoxy) is 1. The van der Waals surface area contributed by atoms with Gasteiger partial charge in [-0.25, -0.2) is 4.98 Å². The number of carbonyl (C=O) groups is 1. The molecule has 0 aromatic carbocycles. The highest BCUT2D eigenvalue weighted by Gasteiger charge is 2.31. The van der Waals surface area contributed by atoms with Crippen molar-refractivity contribution < 1.29 is 13.9 Å². The molecule has 1 N–H and O–H groups in total. The van der Waals surface area contributed by atoms with E-state index >= 15 is 0 Å². The van der Waals surface area contributed by atoms with Crippen molar-refractivity contribution in [2.75, 3.05) is 46.4 Å². The van der Waals surface area contributed by atoms with Gasteiger partial charge in [0.25, 0.3) is 0 Å². The second-order valence-electron chi connectivity index (χ2n) is 8.46. The molecule has 2 saturated heterocycles. The molecular weight excluding hydrogens is 356 g/mol. The summed E-state index contributed by atoms with van der Waals surface area (Å²) >= 11 is 0. The van der Waals surface area contributed by atoms with Crippen molar-refractivity contribution in [2.24, 2.45) is 5.92 Å². The van der Waals surface area contributed by atoms with Crippen LogP contribution in [-0.2, 0) is 16.1 Å². The Bertz CT molecular complexity index is 611. The van der Waals surface area contributed by atoms with E-state index in [2.05, 4.69) is 33.9 Å². The maximum absolute atomic E-state index is 12.4. The van der Waals surface area contributed by atoms with Crippen LogP contribution in [0.15, 0.2) is 10.7 Å². The third-order valence-corrected chi connectivity index (χ3v) is 5.95. The number of hydrogen-bond acceptors (Lipinski definition) is 6. The van der Waals surface area contributed by atoms with Crippen LogP contribution in [0.2, 0.25) is 0 Å². The van der Waals surface area contributed by atoms with Gasteiger partial charge < -0.3 is 14.5 Å². The Kier molecular flexibility index (Phi) is 7.88. The van der Waals surface area contributed by atoms with Gasteiger partial charge in [0.15, 0.2) is 5.89 Å². The molecule has 1 aromatic rings. The molecule has 7 nitrogen and oxygen atoms in total. The number of methoxy groups -OCH3 is 1. The molecule has 7 heteroatoms. The molecule has 0 radical (unpaired) electrons. The van der Waals surface area contributed by atoms with Crippen molar-refractivity contribution in [3.05, 3.63) is 17.8 Å². The van der Waals surface area contributed by atoms with Gasteiger partial charge in [-0.05, 0) is 32.2 Å². The highest BCUT2D eigenvalue weighted by molar-refractivity contribution is 5.78. The van der Waals surface area contributed by atoms with Crippen LogP contribution in [0.4, 0.5) is 0 Å². The fourth-order valence-electron chi connectivity index (χ4n) is 4.30. The molecule has 0 unspecified atom stereocenters. The van der Waals surface area contributed by atoms with Gasteiger partial charge in [0.2, 0.25) is 5.91 Å². The quantitative estimate of drug-likeness (QED) is 0.684. The van der Waals surface area contributed by atoms with Gasteiger partial charge in [-0.15, -0.1) is 0 Å². The third-order valence-electron chi connectivity index (χ3n) is 5.95. The minimum atomic E-state index is 0.119. The smallest absolute Gasteiger partial charge is 0.224 e. The molecule has 3 rings (SSSR count). The van der Waals surface area contributed by atoms with E-state index in [1.165, 1.54) is 0 Å². The maximum Gasteiger partial charge on any atom is 0.224 e. The second-order valence-corrected chi connectivity index (χ2v) is 8.46. The Morgan fingerprint density at radius 3 is 2.79 bits per heavy atom. The van der Waals surface area contributed by atoms with Crippen LogP contribution >= 0.6 is 0 Å². The van der Waals surface area contributed by atoms with Crippen LogP contribution in [0.3, 0.4) is 0 Å². The van der Waals surface area contributed by atoms with Crippen molar-refractivity contribution in [1.29, 1.82) is 0 Å². The summed E-state index contributed by atoms with van der Waals surface area (Å²) in [6.45, 7) is 10.4. The number of oxazole rings is 1. The maximum atomic E-state index is 12.4. The number of amides is 1. The zero-order valence-electron chi connectivity index (χ0n) is 17.7. The van der Waals surface area contributed by atoms with Gasteiger partial charge in [-0.1, -0.05) is 13.8 Å². The Hall–Kier alpha value is -1.44. The molecule has 2 aliphatic heterocycles. The first kappa shape index (κ1) is 21.3. The topological polar surface area (TPSA) is 70.8 Å². The van der Waals surface area contributed by atoms with Crippen molar-refractivity contribution in [1.82, 2.24) is 20.1 Å². The van der Waals surface area contributed by atoms with E-state index in [1.54, 1.807) is 13.4 Å². The number of aromatic nitrogens is 1. The van der Waals surface area contributed by atoms with Crippen molar-refractivity contribution >= 4 is 5.91 Å². The molecule has 158 valence electrons. The first-order valence-electron chi connectivity index (χ1n) is 10.7. The lowest BCUT2D eigenvalue weighted by atomic mass is 9.93. The van der Waals surface area contributed by atoms with E-state index in [4.69, 9.17) is 9.15 Å². The van der Waals surface area contributed by atoms with Crippen molar-refractivity contribution in [3.63, 3.8) is 0 Å². The lowest BCUT2D eigenvalue weighted by Gasteiger charge is -2.41. The number of hydrogen-bond donors (Lipinski definition) is 1. The van der Waals surface area contributed by atoms with Crippen LogP contribution in [0.1, 0.15) is 57.0 Å². The number of carbonyl (C=O) groups excluding carboxylic acids is 1. The lowest BCUT2D eigenvalue weighted by molar-refractivity contribution is -0.127. The number of likely N-dealkylation sites (tertiary alicyclic amines) is 2. The number of rotatable bonds is 8. The predicted octanol–water partition coefficient (Wildman–Crippen LogP) is 2.24. The van der Waals surface area contributed by atoms with E-state index in [-0.39, 0.29) is 11.8 Å². The molecule has 1 aromatic heterocycles. The van der Waals surface area contributed by atoms with Crippen LogP contribution < -0.4 is 5.32 Å². The second kappa shape index (κ2) is 10.4. The molecule has 0 saturated carbocycles. The molecule has 0 aliphatic carbocycles. The molecule has 2 aliphatic rings. The molecule has 2 fully saturated rings. The largest absolute Gasteiger partial charge is 0.448 e. The fourth-order valence-corrected chi connectivity index (χ4v) is 4.30. The lowest BCUT2D eigenvalue weighted by Crippen LogP contribution is -2.50. The van der Waals surface area contributed by atoms with Crippen LogP contribution in [0, 0.1) is 5.92 Å². The fraction of sp³-hybridized carbons (Fsp3) is 0.810. The predicted molar refractivity (Wildman–Crippen MR) is 108 cm³/mol. The van der Waals surface area contributed by atoms with Gasteiger partial charge in [0.05, 0.1) is 18.2 Å². The van der Waals surface area contributed by atoms with E-state index in [1.807, 2.05) is 0 Å². The van der Waals surface area contributed by atoms with Gasteiger partial charge in [0.1, 0.15) is 6.26 Å². The SMILES string of the molecule is COCCNC(=O)[C@H]1CCCN(C2CCN(Cc3coc(C(C)C)n3)CC2)C1. The van der Waals surface area contributed by atoms with Crippen LogP contribution in [0.25, 0.3) is 0 Å². The van der Waals surface area contributed by atoms with Crippen molar-refractivity contribution in [2.45, 2.75) is 58.0 Å². The van der Waals surface area contributed by atoms with Gasteiger partial charge >= 0.3 is 0 Å². The monoisotopic (exact) mass is 392 g/mol. The highest BCUT2D eigenvalue weighted by atomic mass is 16.5. The van der Waals surface area contributed by atoms with Gasteiger partial charge in [-0.3, -0.25) is 14.6 Å². The van der Waals surface area contributed by atoms with Crippen molar-refractivity contribution in [3.8, 4) is 0 Å². The molecule has 0 spiro atoms. The summed E-state index contributed by atoms with van der Waals surface area (Å²) in [6, 6.07) is 0.592. The van der Waals surface area contributed by atoms with Crippen LogP contribution in [-0.4, -0.2) is 73.2 Å². The molecular formula is C21H36N4O3. The number of nitrogens with one attached hydrogen (secondary N) is 1. The summed E-state index contributed by atoms with van der Waals surface area (Å²) in [5.41, 5.74) is 1.04. The molecule has 1 atom stereocenters. The third kappa shape index (κ3) is 5.78. The minimum Gasteiger partial charge on any atom is -0.448 e. The van der Waals surface area contributed by atoms with Gasteiger partial charge in [0, 0.05) is 51.8 Å². The normalized spacial score (nSPS) is 22.6. The first-order chi connectivity index (χ1) is 13.6. The summed E-state index contributed by atoms with van der Waals surface area (Å²) in [6.07, 6.45) is 6.23. The Morgan fingerprint density at radius 2 is 2.11 bits per heavy atom. The highest BCUT2D eigenvalue weighted by Crippen LogP contribution is 2.25. The van der Waals surface area contributed by atoms with Crippen LogP contribution in [0.5, 0.6) is 0 Å². The molecule has 1 amide bonds. The Morgan fingerprint density at radius 1 is 1.32 bits per heavy atom.